The van der Waals surface area contributed by atoms with E-state index in [1.807, 2.05) is 6.92 Å². The summed E-state index contributed by atoms with van der Waals surface area (Å²) in [5.74, 6) is 2.65. The van der Waals surface area contributed by atoms with Gasteiger partial charge in [-0.25, -0.2) is 0 Å². The number of hydrogen-bond acceptors (Lipinski definition) is 3. The molecule has 0 spiro atoms. The van der Waals surface area contributed by atoms with Crippen LogP contribution in [0.4, 0.5) is 0 Å². The van der Waals surface area contributed by atoms with Crippen LogP contribution in [0.1, 0.15) is 57.1 Å². The van der Waals surface area contributed by atoms with E-state index in [1.165, 1.54) is 18.4 Å². The van der Waals surface area contributed by atoms with E-state index in [1.54, 1.807) is 0 Å². The molecule has 0 unspecified atom stereocenters. The first-order chi connectivity index (χ1) is 9.13. The van der Waals surface area contributed by atoms with E-state index in [4.69, 9.17) is 9.15 Å². The predicted molar refractivity (Wildman–Crippen MR) is 79.2 cm³/mol. The van der Waals surface area contributed by atoms with Crippen LogP contribution in [0.25, 0.3) is 0 Å². The molecule has 0 fully saturated rings. The van der Waals surface area contributed by atoms with Crippen LogP contribution in [0.15, 0.2) is 10.5 Å². The Balaban J connectivity index is 2.28. The smallest absolute Gasteiger partial charge is 0.118 e. The number of hydrogen-bond donors (Lipinski definition) is 1. The second kappa shape index (κ2) is 9.16. The van der Waals surface area contributed by atoms with Gasteiger partial charge in [0.25, 0.3) is 0 Å². The van der Waals surface area contributed by atoms with E-state index in [9.17, 15) is 0 Å². The van der Waals surface area contributed by atoms with Crippen LogP contribution < -0.4 is 5.32 Å². The van der Waals surface area contributed by atoms with Crippen LogP contribution in [0.3, 0.4) is 0 Å². The molecule has 0 aliphatic rings. The molecule has 3 nitrogen and oxygen atoms in total. The van der Waals surface area contributed by atoms with Crippen molar-refractivity contribution in [1.29, 1.82) is 0 Å². The molecule has 0 saturated heterocycles. The Hall–Kier alpha value is -0.800. The molecule has 1 N–H and O–H groups in total. The Bertz CT molecular complexity index is 345. The zero-order chi connectivity index (χ0) is 14.1. The summed E-state index contributed by atoms with van der Waals surface area (Å²) in [5, 5.41) is 3.39. The normalized spacial score (nSPS) is 11.4. The molecule has 110 valence electrons. The van der Waals surface area contributed by atoms with Crippen LogP contribution in [0.5, 0.6) is 0 Å². The lowest BCUT2D eigenvalue weighted by Gasteiger charge is -2.04. The van der Waals surface area contributed by atoms with Gasteiger partial charge in [0.1, 0.15) is 11.5 Å². The molecular weight excluding hydrogens is 238 g/mol. The van der Waals surface area contributed by atoms with Gasteiger partial charge in [-0.15, -0.1) is 0 Å². The highest BCUT2D eigenvalue weighted by molar-refractivity contribution is 5.19. The first-order valence-corrected chi connectivity index (χ1v) is 7.50. The Morgan fingerprint density at radius 3 is 2.79 bits per heavy atom. The lowest BCUT2D eigenvalue weighted by Crippen LogP contribution is -2.18. The molecule has 0 bridgehead atoms. The molecule has 0 atom stereocenters. The minimum atomic E-state index is 0.664. The van der Waals surface area contributed by atoms with Crippen LogP contribution in [-0.4, -0.2) is 13.2 Å². The molecular formula is C16H29NO2. The Labute approximate surface area is 117 Å². The van der Waals surface area contributed by atoms with Gasteiger partial charge in [0, 0.05) is 12.2 Å². The average Bonchev–Trinajstić information content (AvgIpc) is 2.69. The standard InChI is InChI=1S/C16H29NO2/c1-5-6-7-8-18-12-15-9-16(19-14(15)4)11-17-10-13(2)3/h9,13,17H,5-8,10-12H2,1-4H3. The predicted octanol–water partition coefficient (Wildman–Crippen LogP) is 4.04. The Kier molecular flexibility index (Phi) is 7.84. The molecule has 19 heavy (non-hydrogen) atoms. The number of aryl methyl sites for hydroxylation is 1. The van der Waals surface area contributed by atoms with Crippen molar-refractivity contribution in [1.82, 2.24) is 5.32 Å². The van der Waals surface area contributed by atoms with Gasteiger partial charge >= 0.3 is 0 Å². The van der Waals surface area contributed by atoms with E-state index < -0.39 is 0 Å². The Morgan fingerprint density at radius 1 is 1.32 bits per heavy atom. The maximum absolute atomic E-state index is 5.73. The monoisotopic (exact) mass is 267 g/mol. The quantitative estimate of drug-likeness (QED) is 0.650. The van der Waals surface area contributed by atoms with Crippen molar-refractivity contribution < 1.29 is 9.15 Å². The van der Waals surface area contributed by atoms with Gasteiger partial charge in [-0.1, -0.05) is 33.6 Å². The lowest BCUT2D eigenvalue weighted by molar-refractivity contribution is 0.116. The summed E-state index contributed by atoms with van der Waals surface area (Å²) in [6.07, 6.45) is 3.63. The summed E-state index contributed by atoms with van der Waals surface area (Å²) in [6, 6.07) is 2.11. The van der Waals surface area contributed by atoms with E-state index in [0.29, 0.717) is 12.5 Å². The van der Waals surface area contributed by atoms with Crippen molar-refractivity contribution in [3.05, 3.63) is 23.2 Å². The third-order valence-corrected chi connectivity index (χ3v) is 3.07. The van der Waals surface area contributed by atoms with E-state index in [-0.39, 0.29) is 0 Å². The molecule has 0 aliphatic carbocycles. The fraction of sp³-hybridized carbons (Fsp3) is 0.750. The number of furan rings is 1. The maximum Gasteiger partial charge on any atom is 0.118 e. The number of nitrogens with one attached hydrogen (secondary N) is 1. The number of unbranched alkanes of at least 4 members (excludes halogenated alkanes) is 2. The first kappa shape index (κ1) is 16.3. The minimum Gasteiger partial charge on any atom is -0.465 e. The van der Waals surface area contributed by atoms with Crippen molar-refractivity contribution in [2.75, 3.05) is 13.2 Å². The van der Waals surface area contributed by atoms with Gasteiger partial charge in [0.2, 0.25) is 0 Å². The van der Waals surface area contributed by atoms with Crippen molar-refractivity contribution in [3.63, 3.8) is 0 Å². The fourth-order valence-electron chi connectivity index (χ4n) is 1.94. The zero-order valence-corrected chi connectivity index (χ0v) is 12.9. The molecule has 0 saturated carbocycles. The summed E-state index contributed by atoms with van der Waals surface area (Å²) in [5.41, 5.74) is 1.18. The molecule has 0 aromatic carbocycles. The summed E-state index contributed by atoms with van der Waals surface area (Å²) >= 11 is 0. The van der Waals surface area contributed by atoms with Crippen molar-refractivity contribution in [3.8, 4) is 0 Å². The van der Waals surface area contributed by atoms with Crippen LogP contribution >= 0.6 is 0 Å². The molecule has 0 aliphatic heterocycles. The maximum atomic E-state index is 5.73. The number of rotatable bonds is 10. The molecule has 1 aromatic heterocycles. The summed E-state index contributed by atoms with van der Waals surface area (Å²) in [6.45, 7) is 12.0. The van der Waals surface area contributed by atoms with Gasteiger partial charge < -0.3 is 14.5 Å². The van der Waals surface area contributed by atoms with Gasteiger partial charge in [0.15, 0.2) is 0 Å². The lowest BCUT2D eigenvalue weighted by atomic mass is 10.2. The largest absolute Gasteiger partial charge is 0.465 e. The topological polar surface area (TPSA) is 34.4 Å². The Morgan fingerprint density at radius 2 is 2.11 bits per heavy atom. The van der Waals surface area contributed by atoms with Gasteiger partial charge in [-0.3, -0.25) is 0 Å². The van der Waals surface area contributed by atoms with Crippen molar-refractivity contribution >= 4 is 0 Å². The van der Waals surface area contributed by atoms with Crippen LogP contribution in [-0.2, 0) is 17.9 Å². The summed E-state index contributed by atoms with van der Waals surface area (Å²) in [4.78, 5) is 0. The van der Waals surface area contributed by atoms with Gasteiger partial charge in [0.05, 0.1) is 13.2 Å². The third-order valence-electron chi connectivity index (χ3n) is 3.07. The average molecular weight is 267 g/mol. The van der Waals surface area contributed by atoms with Gasteiger partial charge in [-0.2, -0.15) is 0 Å². The molecule has 1 aromatic rings. The first-order valence-electron chi connectivity index (χ1n) is 7.50. The fourth-order valence-corrected chi connectivity index (χ4v) is 1.94. The van der Waals surface area contributed by atoms with E-state index in [0.717, 1.165) is 37.6 Å². The highest BCUT2D eigenvalue weighted by Crippen LogP contribution is 2.16. The van der Waals surface area contributed by atoms with Gasteiger partial charge in [-0.05, 0) is 31.9 Å². The van der Waals surface area contributed by atoms with Crippen LogP contribution in [0.2, 0.25) is 0 Å². The van der Waals surface area contributed by atoms with Crippen molar-refractivity contribution in [2.45, 2.75) is 60.1 Å². The summed E-state index contributed by atoms with van der Waals surface area (Å²) < 4.78 is 11.4. The highest BCUT2D eigenvalue weighted by Gasteiger charge is 2.07. The van der Waals surface area contributed by atoms with Crippen molar-refractivity contribution in [2.24, 2.45) is 5.92 Å². The number of ether oxygens (including phenoxy) is 1. The van der Waals surface area contributed by atoms with E-state index >= 15 is 0 Å². The van der Waals surface area contributed by atoms with Crippen LogP contribution in [0, 0.1) is 12.8 Å². The molecule has 0 amide bonds. The minimum absolute atomic E-state index is 0.664. The van der Waals surface area contributed by atoms with E-state index in [2.05, 4.69) is 32.2 Å². The SMILES string of the molecule is CCCCCOCc1cc(CNCC(C)C)oc1C. The molecule has 1 rings (SSSR count). The molecule has 3 heteroatoms. The zero-order valence-electron chi connectivity index (χ0n) is 12.9. The second-order valence-electron chi connectivity index (χ2n) is 5.58. The molecule has 1 heterocycles. The molecule has 0 radical (unpaired) electrons. The highest BCUT2D eigenvalue weighted by atomic mass is 16.5. The second-order valence-corrected chi connectivity index (χ2v) is 5.58. The summed E-state index contributed by atoms with van der Waals surface area (Å²) in [7, 11) is 0. The third kappa shape index (κ3) is 6.79.